The van der Waals surface area contributed by atoms with Crippen LogP contribution in [0, 0.1) is 0 Å². The van der Waals surface area contributed by atoms with Crippen molar-refractivity contribution in [1.29, 1.82) is 0 Å². The normalized spacial score (nSPS) is 10.3. The molecule has 0 aliphatic carbocycles. The average molecular weight is 279 g/mol. The molecule has 2 aromatic heterocycles. The van der Waals surface area contributed by atoms with E-state index < -0.39 is 0 Å². The summed E-state index contributed by atoms with van der Waals surface area (Å²) in [5, 5.41) is 6.28. The third kappa shape index (κ3) is 3.75. The van der Waals surface area contributed by atoms with Gasteiger partial charge in [-0.1, -0.05) is 0 Å². The fourth-order valence-electron chi connectivity index (χ4n) is 1.38. The van der Waals surface area contributed by atoms with E-state index in [1.165, 1.54) is 0 Å². The molecule has 2 aromatic rings. The Morgan fingerprint density at radius 1 is 1.16 bits per heavy atom. The van der Waals surface area contributed by atoms with Gasteiger partial charge >= 0.3 is 0 Å². The van der Waals surface area contributed by atoms with Gasteiger partial charge < -0.3 is 15.5 Å². The Hall–Kier alpha value is -1.96. The van der Waals surface area contributed by atoms with Crippen LogP contribution in [0.4, 0.5) is 17.8 Å². The van der Waals surface area contributed by atoms with Crippen molar-refractivity contribution in [2.45, 2.75) is 13.5 Å². The molecule has 19 heavy (non-hydrogen) atoms. The maximum absolute atomic E-state index is 4.35. The average Bonchev–Trinajstić information content (AvgIpc) is 2.89. The SMILES string of the molecule is CCNc1nc(NCc2cncs2)nc(N(C)C)n1. The molecule has 102 valence electrons. The van der Waals surface area contributed by atoms with Crippen LogP contribution >= 0.6 is 11.3 Å². The molecule has 0 spiro atoms. The van der Waals surface area contributed by atoms with E-state index in [-0.39, 0.29) is 0 Å². The highest BCUT2D eigenvalue weighted by molar-refractivity contribution is 7.09. The lowest BCUT2D eigenvalue weighted by Gasteiger charge is -2.13. The maximum Gasteiger partial charge on any atom is 0.231 e. The lowest BCUT2D eigenvalue weighted by Crippen LogP contribution is -2.17. The zero-order valence-corrected chi connectivity index (χ0v) is 12.0. The zero-order chi connectivity index (χ0) is 13.7. The van der Waals surface area contributed by atoms with Crippen LogP contribution in [0.3, 0.4) is 0 Å². The third-order valence-electron chi connectivity index (χ3n) is 2.26. The van der Waals surface area contributed by atoms with Gasteiger partial charge in [0.25, 0.3) is 0 Å². The summed E-state index contributed by atoms with van der Waals surface area (Å²) in [5.41, 5.74) is 1.81. The summed E-state index contributed by atoms with van der Waals surface area (Å²) in [6, 6.07) is 0. The third-order valence-corrected chi connectivity index (χ3v) is 3.04. The first-order valence-corrected chi connectivity index (χ1v) is 6.85. The van der Waals surface area contributed by atoms with Crippen LogP contribution in [-0.4, -0.2) is 40.6 Å². The molecule has 0 fully saturated rings. The van der Waals surface area contributed by atoms with Crippen LogP contribution < -0.4 is 15.5 Å². The lowest BCUT2D eigenvalue weighted by molar-refractivity contribution is 0.938. The van der Waals surface area contributed by atoms with Gasteiger partial charge in [-0.2, -0.15) is 15.0 Å². The van der Waals surface area contributed by atoms with Gasteiger partial charge in [-0.05, 0) is 6.92 Å². The minimum atomic E-state index is 0.558. The second-order valence-electron chi connectivity index (χ2n) is 4.03. The van der Waals surface area contributed by atoms with Crippen molar-refractivity contribution in [3.63, 3.8) is 0 Å². The van der Waals surface area contributed by atoms with Crippen LogP contribution in [0.2, 0.25) is 0 Å². The fourth-order valence-corrected chi connectivity index (χ4v) is 1.91. The monoisotopic (exact) mass is 279 g/mol. The van der Waals surface area contributed by atoms with Crippen molar-refractivity contribution in [2.75, 3.05) is 36.2 Å². The number of rotatable bonds is 6. The summed E-state index contributed by atoms with van der Waals surface area (Å²) >= 11 is 1.60. The number of nitrogens with one attached hydrogen (secondary N) is 2. The summed E-state index contributed by atoms with van der Waals surface area (Å²) in [7, 11) is 3.80. The van der Waals surface area contributed by atoms with Crippen LogP contribution in [-0.2, 0) is 6.54 Å². The van der Waals surface area contributed by atoms with Gasteiger partial charge in [-0.15, -0.1) is 11.3 Å². The molecule has 7 nitrogen and oxygen atoms in total. The summed E-state index contributed by atoms with van der Waals surface area (Å²) < 4.78 is 0. The van der Waals surface area contributed by atoms with Crippen LogP contribution in [0.5, 0.6) is 0 Å². The van der Waals surface area contributed by atoms with Gasteiger partial charge in [0.1, 0.15) is 0 Å². The van der Waals surface area contributed by atoms with Crippen LogP contribution in [0.25, 0.3) is 0 Å². The van der Waals surface area contributed by atoms with Gasteiger partial charge in [0, 0.05) is 31.7 Å². The highest BCUT2D eigenvalue weighted by atomic mass is 32.1. The Morgan fingerprint density at radius 3 is 2.47 bits per heavy atom. The van der Waals surface area contributed by atoms with Crippen molar-refractivity contribution in [3.05, 3.63) is 16.6 Å². The molecule has 0 unspecified atom stereocenters. The van der Waals surface area contributed by atoms with Crippen LogP contribution in [0.1, 0.15) is 11.8 Å². The Balaban J connectivity index is 2.13. The molecule has 0 radical (unpaired) electrons. The van der Waals surface area contributed by atoms with Crippen molar-refractivity contribution in [2.24, 2.45) is 0 Å². The Bertz CT molecular complexity index is 512. The Labute approximate surface area is 116 Å². The number of aromatic nitrogens is 4. The van der Waals surface area contributed by atoms with E-state index in [0.29, 0.717) is 24.4 Å². The predicted molar refractivity (Wildman–Crippen MR) is 77.8 cm³/mol. The topological polar surface area (TPSA) is 78.9 Å². The smallest absolute Gasteiger partial charge is 0.231 e. The summed E-state index contributed by atoms with van der Waals surface area (Å²) in [5.74, 6) is 1.76. The number of anilines is 3. The summed E-state index contributed by atoms with van der Waals surface area (Å²) in [6.45, 7) is 3.43. The van der Waals surface area contributed by atoms with Crippen molar-refractivity contribution < 1.29 is 0 Å². The molecule has 2 rings (SSSR count). The van der Waals surface area contributed by atoms with Crippen molar-refractivity contribution >= 4 is 29.2 Å². The standard InChI is InChI=1S/C11H17N7S/c1-4-13-9-15-10(17-11(16-9)18(2)3)14-6-8-5-12-7-19-8/h5,7H,4,6H2,1-3H3,(H2,13,14,15,16,17). The van der Waals surface area contributed by atoms with Crippen molar-refractivity contribution in [1.82, 2.24) is 19.9 Å². The Morgan fingerprint density at radius 2 is 1.89 bits per heavy atom. The zero-order valence-electron chi connectivity index (χ0n) is 11.2. The molecule has 0 bridgehead atoms. The highest BCUT2D eigenvalue weighted by Gasteiger charge is 2.07. The molecule has 0 atom stereocenters. The number of nitrogens with zero attached hydrogens (tertiary/aromatic N) is 5. The van der Waals surface area contributed by atoms with E-state index in [9.17, 15) is 0 Å². The molecule has 0 aliphatic rings. The van der Waals surface area contributed by atoms with E-state index in [1.807, 2.05) is 32.1 Å². The second-order valence-corrected chi connectivity index (χ2v) is 5.00. The minimum absolute atomic E-state index is 0.558. The van der Waals surface area contributed by atoms with E-state index in [2.05, 4.69) is 30.6 Å². The summed E-state index contributed by atoms with van der Waals surface area (Å²) in [4.78, 5) is 20.0. The predicted octanol–water partition coefficient (Wildman–Crippen LogP) is 1.44. The van der Waals surface area contributed by atoms with Crippen molar-refractivity contribution in [3.8, 4) is 0 Å². The molecular weight excluding hydrogens is 262 g/mol. The molecule has 0 aliphatic heterocycles. The van der Waals surface area contributed by atoms with Gasteiger partial charge in [-0.3, -0.25) is 4.98 Å². The van der Waals surface area contributed by atoms with E-state index in [1.54, 1.807) is 16.8 Å². The first-order valence-electron chi connectivity index (χ1n) is 5.97. The van der Waals surface area contributed by atoms with Gasteiger partial charge in [0.2, 0.25) is 17.8 Å². The first kappa shape index (κ1) is 13.5. The molecule has 2 N–H and O–H groups in total. The fraction of sp³-hybridized carbons (Fsp3) is 0.455. The first-order chi connectivity index (χ1) is 9.19. The minimum Gasteiger partial charge on any atom is -0.354 e. The molecule has 8 heteroatoms. The molecule has 0 saturated heterocycles. The lowest BCUT2D eigenvalue weighted by atomic mass is 10.5. The number of hydrogen-bond donors (Lipinski definition) is 2. The van der Waals surface area contributed by atoms with E-state index >= 15 is 0 Å². The second kappa shape index (κ2) is 6.28. The van der Waals surface area contributed by atoms with Gasteiger partial charge in [0.05, 0.1) is 12.1 Å². The highest BCUT2D eigenvalue weighted by Crippen LogP contribution is 2.13. The van der Waals surface area contributed by atoms with Gasteiger partial charge in [-0.25, -0.2) is 0 Å². The molecule has 0 amide bonds. The molecule has 0 aromatic carbocycles. The number of thiazole rings is 1. The Kier molecular flexibility index (Phi) is 4.45. The largest absolute Gasteiger partial charge is 0.354 e. The number of hydrogen-bond acceptors (Lipinski definition) is 8. The molecular formula is C11H17N7S. The summed E-state index contributed by atoms with van der Waals surface area (Å²) in [6.07, 6.45) is 1.83. The van der Waals surface area contributed by atoms with E-state index in [4.69, 9.17) is 0 Å². The van der Waals surface area contributed by atoms with Gasteiger partial charge in [0.15, 0.2) is 0 Å². The maximum atomic E-state index is 4.35. The van der Waals surface area contributed by atoms with Crippen LogP contribution in [0.15, 0.2) is 11.7 Å². The molecule has 2 heterocycles. The molecule has 0 saturated carbocycles. The van der Waals surface area contributed by atoms with E-state index in [0.717, 1.165) is 11.4 Å². The quantitative estimate of drug-likeness (QED) is 0.828.